The Bertz CT molecular complexity index is 174. The zero-order valence-corrected chi connectivity index (χ0v) is 7.63. The first kappa shape index (κ1) is 10.8. The van der Waals surface area contributed by atoms with Crippen molar-refractivity contribution in [3.63, 3.8) is 0 Å². The highest BCUT2D eigenvalue weighted by Crippen LogP contribution is 1.87. The second-order valence-electron chi connectivity index (χ2n) is 2.56. The first-order valence-electron chi connectivity index (χ1n) is 4.08. The van der Waals surface area contributed by atoms with E-state index < -0.39 is 0 Å². The first-order valence-corrected chi connectivity index (χ1v) is 4.08. The molecule has 0 aromatic carbocycles. The minimum Gasteiger partial charge on any atom is -0.338 e. The molecule has 0 saturated heterocycles. The summed E-state index contributed by atoms with van der Waals surface area (Å²) in [6, 6.07) is 1.88. The third-order valence-corrected chi connectivity index (χ3v) is 1.43. The zero-order valence-electron chi connectivity index (χ0n) is 7.63. The van der Waals surface area contributed by atoms with Crippen LogP contribution in [0.4, 0.5) is 4.79 Å². The fourth-order valence-corrected chi connectivity index (χ4v) is 0.686. The van der Waals surface area contributed by atoms with Crippen LogP contribution in [0, 0.1) is 11.3 Å². The SMILES string of the molecule is CCCNC(=O)N(C)CCC#N. The van der Waals surface area contributed by atoms with Crippen LogP contribution in [0.2, 0.25) is 0 Å². The molecule has 0 fully saturated rings. The second-order valence-corrected chi connectivity index (χ2v) is 2.56. The van der Waals surface area contributed by atoms with Gasteiger partial charge in [0.15, 0.2) is 0 Å². The molecule has 0 aromatic rings. The number of urea groups is 1. The summed E-state index contributed by atoms with van der Waals surface area (Å²) in [4.78, 5) is 12.6. The summed E-state index contributed by atoms with van der Waals surface area (Å²) in [6.45, 7) is 3.18. The standard InChI is InChI=1S/C8H15N3O/c1-3-6-10-8(12)11(2)7-4-5-9/h3-4,6-7H2,1-2H3,(H,10,12). The van der Waals surface area contributed by atoms with Crippen molar-refractivity contribution in [2.45, 2.75) is 19.8 Å². The molecule has 0 atom stereocenters. The van der Waals surface area contributed by atoms with E-state index in [9.17, 15) is 4.79 Å². The molecule has 0 unspecified atom stereocenters. The zero-order chi connectivity index (χ0) is 9.40. The number of hydrogen-bond donors (Lipinski definition) is 1. The van der Waals surface area contributed by atoms with Crippen LogP contribution >= 0.6 is 0 Å². The van der Waals surface area contributed by atoms with Gasteiger partial charge in [-0.15, -0.1) is 0 Å². The summed E-state index contributed by atoms with van der Waals surface area (Å²) in [6.07, 6.45) is 1.31. The largest absolute Gasteiger partial charge is 0.338 e. The van der Waals surface area contributed by atoms with E-state index in [1.54, 1.807) is 7.05 Å². The molecule has 0 spiro atoms. The Balaban J connectivity index is 3.55. The van der Waals surface area contributed by atoms with E-state index in [1.807, 2.05) is 13.0 Å². The summed E-state index contributed by atoms with van der Waals surface area (Å²) in [5.74, 6) is 0. The number of carbonyl (C=O) groups is 1. The van der Waals surface area contributed by atoms with Gasteiger partial charge in [0.05, 0.1) is 12.5 Å². The van der Waals surface area contributed by atoms with E-state index >= 15 is 0 Å². The minimum atomic E-state index is -0.105. The van der Waals surface area contributed by atoms with Gasteiger partial charge >= 0.3 is 6.03 Å². The van der Waals surface area contributed by atoms with Gasteiger partial charge in [0.1, 0.15) is 0 Å². The van der Waals surface area contributed by atoms with E-state index in [0.29, 0.717) is 19.5 Å². The van der Waals surface area contributed by atoms with Crippen molar-refractivity contribution in [3.05, 3.63) is 0 Å². The van der Waals surface area contributed by atoms with Crippen molar-refractivity contribution < 1.29 is 4.79 Å². The lowest BCUT2D eigenvalue weighted by Gasteiger charge is -2.15. The molecule has 2 amide bonds. The molecule has 0 saturated carbocycles. The quantitative estimate of drug-likeness (QED) is 0.681. The normalized spacial score (nSPS) is 8.75. The molecule has 0 aliphatic rings. The van der Waals surface area contributed by atoms with Crippen molar-refractivity contribution in [2.24, 2.45) is 0 Å². The van der Waals surface area contributed by atoms with Crippen molar-refractivity contribution in [1.82, 2.24) is 10.2 Å². The fourth-order valence-electron chi connectivity index (χ4n) is 0.686. The molecule has 0 rings (SSSR count). The lowest BCUT2D eigenvalue weighted by Crippen LogP contribution is -2.37. The molecule has 4 nitrogen and oxygen atoms in total. The van der Waals surface area contributed by atoms with Gasteiger partial charge in [0, 0.05) is 20.1 Å². The summed E-state index contributed by atoms with van der Waals surface area (Å²) in [7, 11) is 1.68. The Morgan fingerprint density at radius 3 is 2.83 bits per heavy atom. The molecule has 0 aromatic heterocycles. The van der Waals surface area contributed by atoms with Crippen LogP contribution in [0.5, 0.6) is 0 Å². The third-order valence-electron chi connectivity index (χ3n) is 1.43. The summed E-state index contributed by atoms with van der Waals surface area (Å²) < 4.78 is 0. The number of nitriles is 1. The molecule has 0 aliphatic carbocycles. The van der Waals surface area contributed by atoms with Crippen LogP contribution in [0.15, 0.2) is 0 Å². The molecular weight excluding hydrogens is 154 g/mol. The third kappa shape index (κ3) is 4.56. The molecule has 0 bridgehead atoms. The predicted octanol–water partition coefficient (Wildman–Crippen LogP) is 0.951. The summed E-state index contributed by atoms with van der Waals surface area (Å²) in [5, 5.41) is 11.0. The van der Waals surface area contributed by atoms with Gasteiger partial charge in [0.25, 0.3) is 0 Å². The average molecular weight is 169 g/mol. The van der Waals surface area contributed by atoms with Crippen LogP contribution in [-0.2, 0) is 0 Å². The Hall–Kier alpha value is -1.24. The Morgan fingerprint density at radius 1 is 1.67 bits per heavy atom. The van der Waals surface area contributed by atoms with Crippen molar-refractivity contribution >= 4 is 6.03 Å². The lowest BCUT2D eigenvalue weighted by atomic mass is 10.4. The summed E-state index contributed by atoms with van der Waals surface area (Å²) >= 11 is 0. The molecule has 0 heterocycles. The monoisotopic (exact) mass is 169 g/mol. The highest BCUT2D eigenvalue weighted by molar-refractivity contribution is 5.73. The van der Waals surface area contributed by atoms with Crippen molar-refractivity contribution in [3.8, 4) is 6.07 Å². The highest BCUT2D eigenvalue weighted by Gasteiger charge is 2.04. The Labute approximate surface area is 73.2 Å². The summed E-state index contributed by atoms with van der Waals surface area (Å²) in [5.41, 5.74) is 0. The number of hydrogen-bond acceptors (Lipinski definition) is 2. The number of rotatable bonds is 4. The smallest absolute Gasteiger partial charge is 0.317 e. The predicted molar refractivity (Wildman–Crippen MR) is 46.5 cm³/mol. The van der Waals surface area contributed by atoms with Gasteiger partial charge in [-0.25, -0.2) is 4.79 Å². The van der Waals surface area contributed by atoms with Gasteiger partial charge < -0.3 is 10.2 Å². The van der Waals surface area contributed by atoms with Crippen LogP contribution in [0.1, 0.15) is 19.8 Å². The Morgan fingerprint density at radius 2 is 2.33 bits per heavy atom. The molecule has 0 radical (unpaired) electrons. The maximum absolute atomic E-state index is 11.1. The maximum Gasteiger partial charge on any atom is 0.317 e. The van der Waals surface area contributed by atoms with E-state index in [2.05, 4.69) is 5.32 Å². The fraction of sp³-hybridized carbons (Fsp3) is 0.750. The van der Waals surface area contributed by atoms with Gasteiger partial charge in [0.2, 0.25) is 0 Å². The van der Waals surface area contributed by atoms with Crippen molar-refractivity contribution in [1.29, 1.82) is 5.26 Å². The van der Waals surface area contributed by atoms with E-state index in [4.69, 9.17) is 5.26 Å². The second kappa shape index (κ2) is 6.47. The average Bonchev–Trinajstić information content (AvgIpc) is 2.10. The first-order chi connectivity index (χ1) is 5.72. The van der Waals surface area contributed by atoms with Gasteiger partial charge in [-0.2, -0.15) is 5.26 Å². The van der Waals surface area contributed by atoms with Gasteiger partial charge in [-0.05, 0) is 6.42 Å². The van der Waals surface area contributed by atoms with Crippen LogP contribution < -0.4 is 5.32 Å². The molecule has 68 valence electrons. The van der Waals surface area contributed by atoms with Crippen LogP contribution in [-0.4, -0.2) is 31.1 Å². The molecular formula is C8H15N3O. The number of carbonyl (C=O) groups excluding carboxylic acids is 1. The molecule has 0 aliphatic heterocycles. The molecule has 12 heavy (non-hydrogen) atoms. The number of nitrogens with one attached hydrogen (secondary N) is 1. The van der Waals surface area contributed by atoms with Crippen molar-refractivity contribution in [2.75, 3.05) is 20.1 Å². The Kier molecular flexibility index (Phi) is 5.80. The van der Waals surface area contributed by atoms with Gasteiger partial charge in [-0.3, -0.25) is 0 Å². The minimum absolute atomic E-state index is 0.105. The van der Waals surface area contributed by atoms with E-state index in [-0.39, 0.29) is 6.03 Å². The molecule has 4 heteroatoms. The number of amides is 2. The van der Waals surface area contributed by atoms with E-state index in [1.165, 1.54) is 4.90 Å². The van der Waals surface area contributed by atoms with Gasteiger partial charge in [-0.1, -0.05) is 6.92 Å². The number of nitrogens with zero attached hydrogens (tertiary/aromatic N) is 2. The topological polar surface area (TPSA) is 56.1 Å². The van der Waals surface area contributed by atoms with Crippen LogP contribution in [0.25, 0.3) is 0 Å². The van der Waals surface area contributed by atoms with Crippen LogP contribution in [0.3, 0.4) is 0 Å². The molecule has 1 N–H and O–H groups in total. The maximum atomic E-state index is 11.1. The lowest BCUT2D eigenvalue weighted by molar-refractivity contribution is 0.210. The highest BCUT2D eigenvalue weighted by atomic mass is 16.2. The van der Waals surface area contributed by atoms with E-state index in [0.717, 1.165) is 6.42 Å².